The molecule has 5 heteroatoms. The smallest absolute Gasteiger partial charge is 0.104 e. The van der Waals surface area contributed by atoms with Gasteiger partial charge in [0.25, 0.3) is 0 Å². The molecule has 0 radical (unpaired) electrons. The Morgan fingerprint density at radius 2 is 1.90 bits per heavy atom. The van der Waals surface area contributed by atoms with Gasteiger partial charge < -0.3 is 5.73 Å². The summed E-state index contributed by atoms with van der Waals surface area (Å²) in [4.78, 5) is 4.79. The second-order valence-corrected chi connectivity index (χ2v) is 5.92. The predicted octanol–water partition coefficient (Wildman–Crippen LogP) is 3.93. The molecule has 0 saturated heterocycles. The Hall–Kier alpha value is -1.91. The topological polar surface area (TPSA) is 43.8 Å². The van der Waals surface area contributed by atoms with Crippen molar-refractivity contribution in [1.29, 1.82) is 0 Å². The van der Waals surface area contributed by atoms with Crippen LogP contribution in [0, 0.1) is 13.8 Å². The minimum atomic E-state index is 0.338. The van der Waals surface area contributed by atoms with Crippen molar-refractivity contribution in [2.45, 2.75) is 13.8 Å². The number of aromatic nitrogens is 2. The van der Waals surface area contributed by atoms with Gasteiger partial charge in [0, 0.05) is 5.56 Å². The summed E-state index contributed by atoms with van der Waals surface area (Å²) in [7, 11) is 0. The summed E-state index contributed by atoms with van der Waals surface area (Å²) in [5.41, 5.74) is 11.7. The molecule has 0 atom stereocenters. The fourth-order valence-electron chi connectivity index (χ4n) is 2.31. The first kappa shape index (κ1) is 14.0. The molecule has 0 aliphatic rings. The van der Waals surface area contributed by atoms with Crippen molar-refractivity contribution in [3.8, 4) is 5.69 Å². The molecule has 21 heavy (non-hydrogen) atoms. The minimum absolute atomic E-state index is 0.338. The molecule has 1 aromatic heterocycles. The number of rotatable bonds is 2. The largest absolute Gasteiger partial charge is 0.389 e. The first-order valence-corrected chi connectivity index (χ1v) is 7.30. The summed E-state index contributed by atoms with van der Waals surface area (Å²) in [5, 5.41) is 0.595. The van der Waals surface area contributed by atoms with Crippen molar-refractivity contribution in [2.75, 3.05) is 0 Å². The highest BCUT2D eigenvalue weighted by Gasteiger charge is 2.10. The van der Waals surface area contributed by atoms with E-state index in [0.717, 1.165) is 22.3 Å². The monoisotopic (exact) mass is 315 g/mol. The summed E-state index contributed by atoms with van der Waals surface area (Å²) < 4.78 is 1.98. The number of aryl methyl sites for hydroxylation is 2. The number of fused-ring (bicyclic) bond motifs is 1. The van der Waals surface area contributed by atoms with Crippen molar-refractivity contribution < 1.29 is 0 Å². The number of thiocarbonyl (C=S) groups is 1. The molecule has 0 aliphatic carbocycles. The van der Waals surface area contributed by atoms with Crippen LogP contribution in [0.25, 0.3) is 16.7 Å². The van der Waals surface area contributed by atoms with Crippen molar-refractivity contribution in [3.63, 3.8) is 0 Å². The van der Waals surface area contributed by atoms with Gasteiger partial charge in [0.15, 0.2) is 0 Å². The molecule has 2 N–H and O–H groups in total. The van der Waals surface area contributed by atoms with E-state index < -0.39 is 0 Å². The first-order chi connectivity index (χ1) is 9.97. The zero-order valence-electron chi connectivity index (χ0n) is 11.7. The molecule has 3 aromatic rings. The van der Waals surface area contributed by atoms with Crippen LogP contribution in [0.2, 0.25) is 5.02 Å². The van der Waals surface area contributed by atoms with Gasteiger partial charge >= 0.3 is 0 Å². The summed E-state index contributed by atoms with van der Waals surface area (Å²) in [6.07, 6.45) is 1.78. The van der Waals surface area contributed by atoms with E-state index in [2.05, 4.69) is 31.0 Å². The highest BCUT2D eigenvalue weighted by Crippen LogP contribution is 2.27. The maximum Gasteiger partial charge on any atom is 0.104 e. The van der Waals surface area contributed by atoms with Crippen LogP contribution >= 0.6 is 23.8 Å². The molecule has 2 aromatic carbocycles. The van der Waals surface area contributed by atoms with E-state index in [0.29, 0.717) is 10.0 Å². The number of nitrogens with zero attached hydrogens (tertiary/aromatic N) is 2. The lowest BCUT2D eigenvalue weighted by atomic mass is 10.1. The molecule has 0 fully saturated rings. The van der Waals surface area contributed by atoms with Gasteiger partial charge in [0.1, 0.15) is 11.3 Å². The normalized spacial score (nSPS) is 11.0. The molecule has 0 bridgehead atoms. The molecule has 0 aliphatic heterocycles. The standard InChI is InChI=1S/C16H14ClN3S/c1-9-5-13-15(6-10(9)2)20(8-19-13)14-4-3-11(16(18)21)7-12(14)17/h3-8H,1-2H3,(H2,18,21). The third-order valence-corrected chi connectivity index (χ3v) is 4.19. The van der Waals surface area contributed by atoms with E-state index in [9.17, 15) is 0 Å². The van der Waals surface area contributed by atoms with Crippen LogP contribution in [-0.4, -0.2) is 14.5 Å². The van der Waals surface area contributed by atoms with E-state index in [1.165, 1.54) is 11.1 Å². The van der Waals surface area contributed by atoms with E-state index in [1.54, 1.807) is 12.4 Å². The maximum absolute atomic E-state index is 6.37. The minimum Gasteiger partial charge on any atom is -0.389 e. The van der Waals surface area contributed by atoms with Crippen molar-refractivity contribution in [1.82, 2.24) is 9.55 Å². The predicted molar refractivity (Wildman–Crippen MR) is 91.4 cm³/mol. The first-order valence-electron chi connectivity index (χ1n) is 6.51. The van der Waals surface area contributed by atoms with Gasteiger partial charge in [-0.1, -0.05) is 23.8 Å². The fraction of sp³-hybridized carbons (Fsp3) is 0.125. The number of imidazole rings is 1. The Bertz CT molecular complexity index is 867. The number of benzene rings is 2. The van der Waals surface area contributed by atoms with Gasteiger partial charge in [-0.25, -0.2) is 4.98 Å². The summed E-state index contributed by atoms with van der Waals surface area (Å²) in [6, 6.07) is 9.77. The van der Waals surface area contributed by atoms with Crippen molar-refractivity contribution in [3.05, 3.63) is 58.4 Å². The van der Waals surface area contributed by atoms with Gasteiger partial charge in [-0.3, -0.25) is 4.57 Å². The summed E-state index contributed by atoms with van der Waals surface area (Å²) in [6.45, 7) is 4.17. The van der Waals surface area contributed by atoms with Crippen LogP contribution in [-0.2, 0) is 0 Å². The second kappa shape index (κ2) is 5.13. The average molecular weight is 316 g/mol. The molecule has 0 saturated carbocycles. The van der Waals surface area contributed by atoms with Gasteiger partial charge in [-0.05, 0) is 55.3 Å². The van der Waals surface area contributed by atoms with Crippen LogP contribution in [0.1, 0.15) is 16.7 Å². The van der Waals surface area contributed by atoms with Gasteiger partial charge in [-0.15, -0.1) is 0 Å². The van der Waals surface area contributed by atoms with Crippen LogP contribution < -0.4 is 5.73 Å². The number of hydrogen-bond acceptors (Lipinski definition) is 2. The molecule has 106 valence electrons. The zero-order chi connectivity index (χ0) is 15.1. The SMILES string of the molecule is Cc1cc2ncn(-c3ccc(C(N)=S)cc3Cl)c2cc1C. The summed E-state index contributed by atoms with van der Waals surface area (Å²) >= 11 is 11.3. The molecule has 3 nitrogen and oxygen atoms in total. The van der Waals surface area contributed by atoms with E-state index in [1.807, 2.05) is 16.7 Å². The third kappa shape index (κ3) is 2.41. The lowest BCUT2D eigenvalue weighted by Gasteiger charge is -2.09. The third-order valence-electron chi connectivity index (χ3n) is 3.65. The van der Waals surface area contributed by atoms with E-state index >= 15 is 0 Å². The molecule has 0 amide bonds. The van der Waals surface area contributed by atoms with Gasteiger partial charge in [-0.2, -0.15) is 0 Å². The van der Waals surface area contributed by atoms with Crippen LogP contribution in [0.3, 0.4) is 0 Å². The van der Waals surface area contributed by atoms with E-state index in [-0.39, 0.29) is 0 Å². The zero-order valence-corrected chi connectivity index (χ0v) is 13.3. The van der Waals surface area contributed by atoms with Crippen LogP contribution in [0.5, 0.6) is 0 Å². The van der Waals surface area contributed by atoms with Gasteiger partial charge in [0.2, 0.25) is 0 Å². The second-order valence-electron chi connectivity index (χ2n) is 5.07. The Kier molecular flexibility index (Phi) is 3.43. The maximum atomic E-state index is 6.37. The Balaban J connectivity index is 2.21. The van der Waals surface area contributed by atoms with Crippen LogP contribution in [0.15, 0.2) is 36.7 Å². The van der Waals surface area contributed by atoms with Crippen molar-refractivity contribution >= 4 is 39.8 Å². The Morgan fingerprint density at radius 3 is 2.57 bits per heavy atom. The highest BCUT2D eigenvalue weighted by molar-refractivity contribution is 7.80. The quantitative estimate of drug-likeness (QED) is 0.729. The van der Waals surface area contributed by atoms with E-state index in [4.69, 9.17) is 29.6 Å². The lowest BCUT2D eigenvalue weighted by Crippen LogP contribution is -2.09. The molecule has 3 rings (SSSR count). The molecular weight excluding hydrogens is 302 g/mol. The molecule has 0 spiro atoms. The Labute approximate surface area is 133 Å². The Morgan fingerprint density at radius 1 is 1.19 bits per heavy atom. The van der Waals surface area contributed by atoms with Gasteiger partial charge in [0.05, 0.1) is 21.7 Å². The lowest BCUT2D eigenvalue weighted by molar-refractivity contribution is 1.09. The van der Waals surface area contributed by atoms with Crippen LogP contribution in [0.4, 0.5) is 0 Å². The number of halogens is 1. The van der Waals surface area contributed by atoms with Crippen molar-refractivity contribution in [2.24, 2.45) is 5.73 Å². The number of nitrogens with two attached hydrogens (primary N) is 1. The molecule has 0 unspecified atom stereocenters. The molecule has 1 heterocycles. The molecular formula is C16H14ClN3S. The fourth-order valence-corrected chi connectivity index (χ4v) is 2.71. The highest BCUT2D eigenvalue weighted by atomic mass is 35.5. The summed E-state index contributed by atoms with van der Waals surface area (Å²) in [5.74, 6) is 0. The number of hydrogen-bond donors (Lipinski definition) is 1. The average Bonchev–Trinajstić information content (AvgIpc) is 2.82.